The van der Waals surface area contributed by atoms with Crippen molar-refractivity contribution in [3.05, 3.63) is 65.1 Å². The lowest BCUT2D eigenvalue weighted by Gasteiger charge is -2.16. The smallest absolute Gasteiger partial charge is 0.224 e. The molecule has 1 aliphatic heterocycles. The fourth-order valence-electron chi connectivity index (χ4n) is 3.42. The van der Waals surface area contributed by atoms with Crippen LogP contribution in [0.15, 0.2) is 53.1 Å². The molecule has 1 amide bonds. The van der Waals surface area contributed by atoms with Gasteiger partial charge in [0.2, 0.25) is 5.91 Å². The SMILES string of the molecule is Cc1ccc(NC(=O)CCc2ncc(-c3ccc(Cl)cc3)o2)c(OCC2CCCO2)c1. The molecule has 0 bridgehead atoms. The Balaban J connectivity index is 1.33. The maximum Gasteiger partial charge on any atom is 0.224 e. The molecule has 1 aliphatic rings. The highest BCUT2D eigenvalue weighted by atomic mass is 35.5. The Bertz CT molecular complexity index is 1030. The molecule has 1 N–H and O–H groups in total. The van der Waals surface area contributed by atoms with E-state index in [-0.39, 0.29) is 18.4 Å². The second-order valence-corrected chi connectivity index (χ2v) is 8.06. The molecule has 3 aromatic rings. The van der Waals surface area contributed by atoms with Crippen molar-refractivity contribution in [1.29, 1.82) is 0 Å². The van der Waals surface area contributed by atoms with Gasteiger partial charge in [-0.05, 0) is 61.7 Å². The molecule has 1 unspecified atom stereocenters. The molecule has 2 aromatic carbocycles. The predicted octanol–water partition coefficient (Wildman–Crippen LogP) is 5.43. The van der Waals surface area contributed by atoms with Gasteiger partial charge in [-0.3, -0.25) is 4.79 Å². The zero-order valence-electron chi connectivity index (χ0n) is 17.4. The number of hydrogen-bond donors (Lipinski definition) is 1. The van der Waals surface area contributed by atoms with Gasteiger partial charge in [0.25, 0.3) is 0 Å². The Morgan fingerprint density at radius 1 is 1.26 bits per heavy atom. The number of nitrogens with one attached hydrogen (secondary N) is 1. The second kappa shape index (κ2) is 9.98. The van der Waals surface area contributed by atoms with Gasteiger partial charge in [-0.15, -0.1) is 0 Å². The molecule has 6 nitrogen and oxygen atoms in total. The summed E-state index contributed by atoms with van der Waals surface area (Å²) < 4.78 is 17.3. The van der Waals surface area contributed by atoms with E-state index in [0.29, 0.717) is 41.1 Å². The topological polar surface area (TPSA) is 73.6 Å². The van der Waals surface area contributed by atoms with Crippen molar-refractivity contribution in [3.8, 4) is 17.1 Å². The highest BCUT2D eigenvalue weighted by molar-refractivity contribution is 6.30. The third-order valence-electron chi connectivity index (χ3n) is 5.11. The first kappa shape index (κ1) is 21.4. The average Bonchev–Trinajstić information content (AvgIpc) is 3.45. The molecule has 1 saturated heterocycles. The van der Waals surface area contributed by atoms with Gasteiger partial charge in [-0.25, -0.2) is 4.98 Å². The van der Waals surface area contributed by atoms with Crippen LogP contribution >= 0.6 is 11.6 Å². The fraction of sp³-hybridized carbons (Fsp3) is 0.333. The predicted molar refractivity (Wildman–Crippen MR) is 120 cm³/mol. The number of carbonyl (C=O) groups excluding carboxylic acids is 1. The largest absolute Gasteiger partial charge is 0.489 e. The van der Waals surface area contributed by atoms with E-state index in [0.717, 1.165) is 30.6 Å². The third-order valence-corrected chi connectivity index (χ3v) is 5.36. The molecule has 2 heterocycles. The lowest BCUT2D eigenvalue weighted by molar-refractivity contribution is -0.116. The fourth-order valence-corrected chi connectivity index (χ4v) is 3.54. The van der Waals surface area contributed by atoms with E-state index in [2.05, 4.69) is 10.3 Å². The van der Waals surface area contributed by atoms with Crippen molar-refractivity contribution >= 4 is 23.2 Å². The number of hydrogen-bond acceptors (Lipinski definition) is 5. The minimum atomic E-state index is -0.128. The summed E-state index contributed by atoms with van der Waals surface area (Å²) in [7, 11) is 0. The van der Waals surface area contributed by atoms with Crippen LogP contribution < -0.4 is 10.1 Å². The van der Waals surface area contributed by atoms with E-state index < -0.39 is 0 Å². The van der Waals surface area contributed by atoms with E-state index in [1.165, 1.54) is 0 Å². The van der Waals surface area contributed by atoms with Crippen LogP contribution in [-0.4, -0.2) is 30.2 Å². The monoisotopic (exact) mass is 440 g/mol. The van der Waals surface area contributed by atoms with Crippen LogP contribution in [0.5, 0.6) is 5.75 Å². The lowest BCUT2D eigenvalue weighted by Crippen LogP contribution is -2.18. The molecule has 162 valence electrons. The second-order valence-electron chi connectivity index (χ2n) is 7.62. The van der Waals surface area contributed by atoms with Gasteiger partial charge in [0.1, 0.15) is 12.4 Å². The highest BCUT2D eigenvalue weighted by Gasteiger charge is 2.17. The minimum absolute atomic E-state index is 0.115. The van der Waals surface area contributed by atoms with Gasteiger partial charge >= 0.3 is 0 Å². The molecule has 0 aliphatic carbocycles. The Labute approximate surface area is 186 Å². The summed E-state index contributed by atoms with van der Waals surface area (Å²) in [6.45, 7) is 3.26. The quantitative estimate of drug-likeness (QED) is 0.505. The van der Waals surface area contributed by atoms with Crippen molar-refractivity contribution in [2.45, 2.75) is 38.7 Å². The highest BCUT2D eigenvalue weighted by Crippen LogP contribution is 2.27. The molecule has 1 aromatic heterocycles. The number of oxazole rings is 1. The number of rotatable bonds is 8. The van der Waals surface area contributed by atoms with Gasteiger partial charge in [0, 0.05) is 30.0 Å². The molecule has 0 radical (unpaired) electrons. The maximum absolute atomic E-state index is 12.5. The molecule has 0 spiro atoms. The number of ether oxygens (including phenoxy) is 2. The summed E-state index contributed by atoms with van der Waals surface area (Å²) in [5, 5.41) is 3.60. The van der Waals surface area contributed by atoms with E-state index in [4.69, 9.17) is 25.5 Å². The number of halogens is 1. The maximum atomic E-state index is 12.5. The van der Waals surface area contributed by atoms with Crippen LogP contribution in [0.2, 0.25) is 5.02 Å². The number of amides is 1. The zero-order valence-corrected chi connectivity index (χ0v) is 18.2. The van der Waals surface area contributed by atoms with Gasteiger partial charge in [-0.2, -0.15) is 0 Å². The molecule has 1 atom stereocenters. The molecule has 7 heteroatoms. The van der Waals surface area contributed by atoms with Crippen LogP contribution in [-0.2, 0) is 16.0 Å². The van der Waals surface area contributed by atoms with Crippen molar-refractivity contribution < 1.29 is 18.7 Å². The number of carbonyl (C=O) groups is 1. The van der Waals surface area contributed by atoms with E-state index in [1.807, 2.05) is 37.3 Å². The Morgan fingerprint density at radius 3 is 2.87 bits per heavy atom. The van der Waals surface area contributed by atoms with Crippen molar-refractivity contribution in [3.63, 3.8) is 0 Å². The van der Waals surface area contributed by atoms with Crippen LogP contribution in [0, 0.1) is 6.92 Å². The molecular weight excluding hydrogens is 416 g/mol. The Hall–Kier alpha value is -2.83. The molecule has 4 rings (SSSR count). The number of anilines is 1. The number of benzene rings is 2. The van der Waals surface area contributed by atoms with Crippen molar-refractivity contribution in [2.24, 2.45) is 0 Å². The summed E-state index contributed by atoms with van der Waals surface area (Å²) in [4.78, 5) is 16.8. The average molecular weight is 441 g/mol. The summed E-state index contributed by atoms with van der Waals surface area (Å²) in [6.07, 6.45) is 4.49. The minimum Gasteiger partial charge on any atom is -0.489 e. The Kier molecular flexibility index (Phi) is 6.89. The van der Waals surface area contributed by atoms with Gasteiger partial charge < -0.3 is 19.2 Å². The van der Waals surface area contributed by atoms with Crippen LogP contribution in [0.1, 0.15) is 30.7 Å². The Morgan fingerprint density at radius 2 is 2.10 bits per heavy atom. The normalized spacial score (nSPS) is 15.7. The summed E-state index contributed by atoms with van der Waals surface area (Å²) in [6, 6.07) is 13.1. The van der Waals surface area contributed by atoms with Crippen LogP contribution in [0.4, 0.5) is 5.69 Å². The van der Waals surface area contributed by atoms with E-state index in [1.54, 1.807) is 18.3 Å². The molecule has 31 heavy (non-hydrogen) atoms. The van der Waals surface area contributed by atoms with Gasteiger partial charge in [0.05, 0.1) is 18.0 Å². The summed E-state index contributed by atoms with van der Waals surface area (Å²) in [5.41, 5.74) is 2.61. The third kappa shape index (κ3) is 5.87. The summed E-state index contributed by atoms with van der Waals surface area (Å²) in [5.74, 6) is 1.69. The first-order valence-electron chi connectivity index (χ1n) is 10.4. The lowest BCUT2D eigenvalue weighted by atomic mass is 10.2. The molecule has 0 saturated carbocycles. The molecular formula is C24H25ClN2O4. The van der Waals surface area contributed by atoms with E-state index in [9.17, 15) is 4.79 Å². The van der Waals surface area contributed by atoms with Crippen molar-refractivity contribution in [2.75, 3.05) is 18.5 Å². The number of aromatic nitrogens is 1. The first-order valence-corrected chi connectivity index (χ1v) is 10.8. The van der Waals surface area contributed by atoms with Gasteiger partial charge in [0.15, 0.2) is 11.7 Å². The number of nitrogens with zero attached hydrogens (tertiary/aromatic N) is 1. The molecule has 1 fully saturated rings. The van der Waals surface area contributed by atoms with E-state index >= 15 is 0 Å². The zero-order chi connectivity index (χ0) is 21.6. The first-order chi connectivity index (χ1) is 15.1. The standard InChI is InChI=1S/C24H25ClN2O4/c1-16-4-9-20(21(13-16)30-15-19-3-2-12-29-19)27-23(28)10-11-24-26-14-22(31-24)17-5-7-18(25)8-6-17/h4-9,13-14,19H,2-3,10-12,15H2,1H3,(H,27,28). The number of aryl methyl sites for hydroxylation is 2. The van der Waals surface area contributed by atoms with Crippen LogP contribution in [0.3, 0.4) is 0 Å². The van der Waals surface area contributed by atoms with Crippen molar-refractivity contribution in [1.82, 2.24) is 4.98 Å². The van der Waals surface area contributed by atoms with Crippen LogP contribution in [0.25, 0.3) is 11.3 Å². The van der Waals surface area contributed by atoms with Gasteiger partial charge in [-0.1, -0.05) is 17.7 Å². The summed E-state index contributed by atoms with van der Waals surface area (Å²) >= 11 is 5.92.